The molecule has 0 heterocycles. The van der Waals surface area contributed by atoms with Crippen molar-refractivity contribution in [3.8, 4) is 11.5 Å². The second kappa shape index (κ2) is 5.45. The van der Waals surface area contributed by atoms with E-state index in [2.05, 4.69) is 0 Å². The van der Waals surface area contributed by atoms with E-state index < -0.39 is 7.12 Å². The minimum Gasteiger partial charge on any atom is -0.508 e. The summed E-state index contributed by atoms with van der Waals surface area (Å²) in [6.45, 7) is 4.00. The highest BCUT2D eigenvalue weighted by molar-refractivity contribution is 6.58. The lowest BCUT2D eigenvalue weighted by Gasteiger charge is -2.00. The molecule has 0 radical (unpaired) electrons. The molecular formula is C8H13BO4. The summed E-state index contributed by atoms with van der Waals surface area (Å²) in [4.78, 5) is 0. The second-order valence-corrected chi connectivity index (χ2v) is 2.16. The zero-order valence-electron chi connectivity index (χ0n) is 7.60. The first-order valence-electron chi connectivity index (χ1n) is 3.98. The van der Waals surface area contributed by atoms with Crippen molar-refractivity contribution in [2.75, 3.05) is 0 Å². The summed E-state index contributed by atoms with van der Waals surface area (Å²) in [7, 11) is -1.67. The van der Waals surface area contributed by atoms with E-state index in [0.717, 1.165) is 18.2 Å². The highest BCUT2D eigenvalue weighted by Gasteiger charge is 2.12. The van der Waals surface area contributed by atoms with Gasteiger partial charge in [-0.2, -0.15) is 0 Å². The summed E-state index contributed by atoms with van der Waals surface area (Å²) in [5.74, 6) is -0.402. The summed E-state index contributed by atoms with van der Waals surface area (Å²) in [6.07, 6.45) is 0. The van der Waals surface area contributed by atoms with Crippen molar-refractivity contribution in [1.82, 2.24) is 0 Å². The zero-order valence-corrected chi connectivity index (χ0v) is 7.60. The smallest absolute Gasteiger partial charge is 0.488 e. The molecule has 4 N–H and O–H groups in total. The van der Waals surface area contributed by atoms with Crippen LogP contribution in [-0.4, -0.2) is 27.4 Å². The van der Waals surface area contributed by atoms with Gasteiger partial charge < -0.3 is 20.3 Å². The van der Waals surface area contributed by atoms with Gasteiger partial charge in [0, 0.05) is 6.07 Å². The van der Waals surface area contributed by atoms with Crippen molar-refractivity contribution < 1.29 is 20.3 Å². The van der Waals surface area contributed by atoms with Crippen LogP contribution in [0, 0.1) is 0 Å². The van der Waals surface area contributed by atoms with Crippen molar-refractivity contribution in [2.45, 2.75) is 13.8 Å². The molecule has 0 unspecified atom stereocenters. The van der Waals surface area contributed by atoms with Crippen LogP contribution in [0.15, 0.2) is 18.2 Å². The first kappa shape index (κ1) is 11.8. The van der Waals surface area contributed by atoms with Crippen LogP contribution in [-0.2, 0) is 0 Å². The maximum Gasteiger partial charge on any atom is 0.488 e. The molecule has 0 aliphatic rings. The third-order valence-electron chi connectivity index (χ3n) is 1.22. The average molecular weight is 184 g/mol. The number of phenols is 2. The maximum absolute atomic E-state index is 8.86. The average Bonchev–Trinajstić information content (AvgIpc) is 2.06. The van der Waals surface area contributed by atoms with Gasteiger partial charge in [-0.1, -0.05) is 13.8 Å². The molecule has 0 saturated heterocycles. The highest BCUT2D eigenvalue weighted by Crippen LogP contribution is 2.14. The Kier molecular flexibility index (Phi) is 4.95. The van der Waals surface area contributed by atoms with Crippen LogP contribution in [0.5, 0.6) is 11.5 Å². The van der Waals surface area contributed by atoms with Gasteiger partial charge >= 0.3 is 7.12 Å². The third kappa shape index (κ3) is 3.82. The van der Waals surface area contributed by atoms with Crippen molar-refractivity contribution in [2.24, 2.45) is 0 Å². The first-order chi connectivity index (χ1) is 6.09. The quantitative estimate of drug-likeness (QED) is 0.455. The lowest BCUT2D eigenvalue weighted by atomic mass is 9.80. The van der Waals surface area contributed by atoms with Gasteiger partial charge in [-0.3, -0.25) is 0 Å². The van der Waals surface area contributed by atoms with E-state index >= 15 is 0 Å². The molecule has 0 aromatic heterocycles. The lowest BCUT2D eigenvalue weighted by molar-refractivity contribution is 0.422. The summed E-state index contributed by atoms with van der Waals surface area (Å²) < 4.78 is 0. The Balaban J connectivity index is 0.000000671. The van der Waals surface area contributed by atoms with Gasteiger partial charge in [0.1, 0.15) is 11.5 Å². The Morgan fingerprint density at radius 3 is 1.62 bits per heavy atom. The molecule has 0 amide bonds. The fourth-order valence-corrected chi connectivity index (χ4v) is 0.767. The largest absolute Gasteiger partial charge is 0.508 e. The number of aromatic hydroxyl groups is 2. The highest BCUT2D eigenvalue weighted by atomic mass is 16.4. The lowest BCUT2D eigenvalue weighted by Crippen LogP contribution is -2.29. The molecule has 0 spiro atoms. The van der Waals surface area contributed by atoms with Crippen LogP contribution in [0.4, 0.5) is 0 Å². The Labute approximate surface area is 77.2 Å². The molecule has 0 saturated carbocycles. The van der Waals surface area contributed by atoms with E-state index in [4.69, 9.17) is 20.3 Å². The second-order valence-electron chi connectivity index (χ2n) is 2.16. The van der Waals surface area contributed by atoms with Crippen LogP contribution in [0.2, 0.25) is 0 Å². The van der Waals surface area contributed by atoms with E-state index in [1.165, 1.54) is 0 Å². The van der Waals surface area contributed by atoms with Gasteiger partial charge in [0.15, 0.2) is 0 Å². The minimum atomic E-state index is -1.67. The summed E-state index contributed by atoms with van der Waals surface area (Å²) in [5.41, 5.74) is 0.0579. The standard InChI is InChI=1S/C6H7BO4.C2H6/c8-5-1-4(7(10)11)2-6(9)3-5;1-2/h1-3,8-11H;1-2H3. The molecule has 1 rings (SSSR count). The summed E-state index contributed by atoms with van der Waals surface area (Å²) >= 11 is 0. The van der Waals surface area contributed by atoms with E-state index in [9.17, 15) is 0 Å². The molecule has 0 aliphatic heterocycles. The van der Waals surface area contributed by atoms with Crippen LogP contribution in [0.25, 0.3) is 0 Å². The van der Waals surface area contributed by atoms with Crippen molar-refractivity contribution >= 4 is 12.6 Å². The van der Waals surface area contributed by atoms with Gasteiger partial charge in [-0.05, 0) is 17.6 Å². The molecule has 4 nitrogen and oxygen atoms in total. The molecule has 0 bridgehead atoms. The van der Waals surface area contributed by atoms with Crippen molar-refractivity contribution in [3.05, 3.63) is 18.2 Å². The molecule has 72 valence electrons. The van der Waals surface area contributed by atoms with E-state index in [1.807, 2.05) is 13.8 Å². The van der Waals surface area contributed by atoms with Gasteiger partial charge in [0.2, 0.25) is 0 Å². The Hall–Kier alpha value is -1.20. The van der Waals surface area contributed by atoms with Crippen molar-refractivity contribution in [1.29, 1.82) is 0 Å². The molecule has 5 heteroatoms. The van der Waals surface area contributed by atoms with Gasteiger partial charge in [-0.15, -0.1) is 0 Å². The molecular weight excluding hydrogens is 171 g/mol. The Morgan fingerprint density at radius 1 is 0.923 bits per heavy atom. The zero-order chi connectivity index (χ0) is 10.4. The minimum absolute atomic E-state index is 0.0579. The van der Waals surface area contributed by atoms with Gasteiger partial charge in [-0.25, -0.2) is 0 Å². The Bertz CT molecular complexity index is 242. The van der Waals surface area contributed by atoms with Crippen LogP contribution in [0.3, 0.4) is 0 Å². The predicted octanol–water partition coefficient (Wildman–Crippen LogP) is -0.196. The molecule has 0 atom stereocenters. The number of benzene rings is 1. The topological polar surface area (TPSA) is 80.9 Å². The molecule has 13 heavy (non-hydrogen) atoms. The number of rotatable bonds is 1. The number of hydrogen-bond donors (Lipinski definition) is 4. The number of phenolic OH excluding ortho intramolecular Hbond substituents is 2. The van der Waals surface area contributed by atoms with E-state index in [-0.39, 0.29) is 17.0 Å². The normalized spacial score (nSPS) is 8.62. The van der Waals surface area contributed by atoms with Crippen LogP contribution < -0.4 is 5.46 Å². The summed E-state index contributed by atoms with van der Waals surface area (Å²) in [6, 6.07) is 3.42. The third-order valence-corrected chi connectivity index (χ3v) is 1.22. The monoisotopic (exact) mass is 184 g/mol. The molecule has 1 aromatic rings. The molecule has 0 aliphatic carbocycles. The van der Waals surface area contributed by atoms with Gasteiger partial charge in [0.25, 0.3) is 0 Å². The molecule has 1 aromatic carbocycles. The SMILES string of the molecule is CC.OB(O)c1cc(O)cc(O)c1. The van der Waals surface area contributed by atoms with E-state index in [0.29, 0.717) is 0 Å². The number of hydrogen-bond acceptors (Lipinski definition) is 4. The van der Waals surface area contributed by atoms with Gasteiger partial charge in [0.05, 0.1) is 0 Å². The predicted molar refractivity (Wildman–Crippen MR) is 50.9 cm³/mol. The first-order valence-corrected chi connectivity index (χ1v) is 3.98. The van der Waals surface area contributed by atoms with Crippen molar-refractivity contribution in [3.63, 3.8) is 0 Å². The fraction of sp³-hybridized carbons (Fsp3) is 0.250. The summed E-state index contributed by atoms with van der Waals surface area (Å²) in [5, 5.41) is 34.9. The molecule has 0 fully saturated rings. The van der Waals surface area contributed by atoms with Crippen LogP contribution >= 0.6 is 0 Å². The maximum atomic E-state index is 8.86. The fourth-order valence-electron chi connectivity index (χ4n) is 0.767. The van der Waals surface area contributed by atoms with E-state index in [1.54, 1.807) is 0 Å². The Morgan fingerprint density at radius 2 is 1.31 bits per heavy atom. The van der Waals surface area contributed by atoms with Crippen LogP contribution in [0.1, 0.15) is 13.8 Å².